The second kappa shape index (κ2) is 4.86. The Bertz CT molecular complexity index is 525. The molecular weight excluding hydrogens is 257 g/mol. The number of anilines is 1. The zero-order valence-electron chi connectivity index (χ0n) is 8.90. The first-order valence-electron chi connectivity index (χ1n) is 5.06. The van der Waals surface area contributed by atoms with E-state index in [0.29, 0.717) is 16.3 Å². The molecule has 0 radical (unpaired) electrons. The quantitative estimate of drug-likeness (QED) is 0.492. The fourth-order valence-corrected chi connectivity index (χ4v) is 2.06. The molecule has 0 saturated carbocycles. The van der Waals surface area contributed by atoms with Crippen molar-refractivity contribution < 1.29 is 5.11 Å². The molecule has 17 heavy (non-hydrogen) atoms. The van der Waals surface area contributed by atoms with Gasteiger partial charge in [0.15, 0.2) is 0 Å². The van der Waals surface area contributed by atoms with Crippen LogP contribution in [0.3, 0.4) is 0 Å². The van der Waals surface area contributed by atoms with Gasteiger partial charge in [-0.2, -0.15) is 0 Å². The van der Waals surface area contributed by atoms with Gasteiger partial charge in [0.2, 0.25) is 0 Å². The molecule has 0 saturated heterocycles. The maximum absolute atomic E-state index is 9.54. The summed E-state index contributed by atoms with van der Waals surface area (Å²) < 4.78 is 0. The molecule has 2 aromatic rings. The number of hydrogen-bond acceptors (Lipinski definition) is 2. The summed E-state index contributed by atoms with van der Waals surface area (Å²) in [5.74, 6) is 0.0436. The summed E-state index contributed by atoms with van der Waals surface area (Å²) in [7, 11) is 0. The van der Waals surface area contributed by atoms with Gasteiger partial charge in [-0.1, -0.05) is 35.9 Å². The lowest BCUT2D eigenvalue weighted by molar-refractivity contribution is 0.477. The zero-order valence-corrected chi connectivity index (χ0v) is 10.4. The molecule has 3 N–H and O–H groups in total. The minimum Gasteiger partial charge on any atom is -0.506 e. The van der Waals surface area contributed by atoms with Crippen LogP contribution in [0.15, 0.2) is 42.5 Å². The Labute approximate surface area is 110 Å². The van der Waals surface area contributed by atoms with Crippen LogP contribution >= 0.6 is 23.2 Å². The first-order chi connectivity index (χ1) is 8.09. The van der Waals surface area contributed by atoms with Crippen LogP contribution in [0.25, 0.3) is 0 Å². The Hall–Kier alpha value is -1.38. The van der Waals surface area contributed by atoms with Crippen molar-refractivity contribution in [1.29, 1.82) is 0 Å². The summed E-state index contributed by atoms with van der Waals surface area (Å²) in [4.78, 5) is 0. The number of benzene rings is 2. The minimum atomic E-state index is -0.403. The largest absolute Gasteiger partial charge is 0.506 e. The third-order valence-corrected chi connectivity index (χ3v) is 3.29. The molecule has 4 heteroatoms. The molecule has 88 valence electrons. The van der Waals surface area contributed by atoms with Crippen LogP contribution in [-0.2, 0) is 0 Å². The molecule has 0 spiro atoms. The van der Waals surface area contributed by atoms with Crippen molar-refractivity contribution in [1.82, 2.24) is 0 Å². The molecule has 0 aliphatic carbocycles. The van der Waals surface area contributed by atoms with Crippen LogP contribution < -0.4 is 5.73 Å². The Morgan fingerprint density at radius 2 is 1.71 bits per heavy atom. The van der Waals surface area contributed by atoms with Crippen LogP contribution in [0, 0.1) is 0 Å². The number of phenolic OH excluding ortho intramolecular Hbond substituents is 1. The average Bonchev–Trinajstić information content (AvgIpc) is 2.33. The minimum absolute atomic E-state index is 0.0436. The maximum atomic E-state index is 9.54. The fraction of sp³-hybridized carbons (Fsp3) is 0.0769. The number of phenols is 1. The maximum Gasteiger partial charge on any atom is 0.138 e. The van der Waals surface area contributed by atoms with Crippen molar-refractivity contribution in [3.8, 4) is 5.75 Å². The van der Waals surface area contributed by atoms with E-state index >= 15 is 0 Å². The van der Waals surface area contributed by atoms with Crippen LogP contribution in [0.1, 0.15) is 16.5 Å². The van der Waals surface area contributed by atoms with Gasteiger partial charge in [-0.05, 0) is 23.8 Å². The molecule has 0 fully saturated rings. The summed E-state index contributed by atoms with van der Waals surface area (Å²) >= 11 is 12.1. The van der Waals surface area contributed by atoms with E-state index in [9.17, 15) is 5.11 Å². The molecule has 2 rings (SSSR count). The standard InChI is InChI=1S/C13H11Cl2NO/c14-9-6-4-8(5-7-9)12(15)10-2-1-3-11(17)13(10)16/h1-7,12,17H,16H2. The third kappa shape index (κ3) is 2.48. The van der Waals surface area contributed by atoms with Gasteiger partial charge in [0.1, 0.15) is 5.75 Å². The second-order valence-corrected chi connectivity index (χ2v) is 4.57. The highest BCUT2D eigenvalue weighted by atomic mass is 35.5. The van der Waals surface area contributed by atoms with E-state index < -0.39 is 5.38 Å². The lowest BCUT2D eigenvalue weighted by Gasteiger charge is -2.13. The zero-order chi connectivity index (χ0) is 12.4. The number of rotatable bonds is 2. The van der Waals surface area contributed by atoms with Crippen LogP contribution in [0.5, 0.6) is 5.75 Å². The number of nitrogens with two attached hydrogens (primary N) is 1. The molecule has 0 amide bonds. The van der Waals surface area contributed by atoms with Gasteiger partial charge in [0.05, 0.1) is 11.1 Å². The predicted molar refractivity (Wildman–Crippen MR) is 71.7 cm³/mol. The summed E-state index contributed by atoms with van der Waals surface area (Å²) in [5, 5.41) is 9.79. The van der Waals surface area contributed by atoms with Crippen LogP contribution in [0.4, 0.5) is 5.69 Å². The Kier molecular flexibility index (Phi) is 3.46. The monoisotopic (exact) mass is 267 g/mol. The Morgan fingerprint density at radius 1 is 1.06 bits per heavy atom. The van der Waals surface area contributed by atoms with Gasteiger partial charge in [-0.15, -0.1) is 11.6 Å². The highest BCUT2D eigenvalue weighted by Crippen LogP contribution is 2.36. The van der Waals surface area contributed by atoms with Gasteiger partial charge in [0, 0.05) is 10.6 Å². The summed E-state index contributed by atoms with van der Waals surface area (Å²) in [6.07, 6.45) is 0. The van der Waals surface area contributed by atoms with E-state index in [1.807, 2.05) is 12.1 Å². The lowest BCUT2D eigenvalue weighted by atomic mass is 10.0. The number of alkyl halides is 1. The van der Waals surface area contributed by atoms with Gasteiger partial charge in [-0.25, -0.2) is 0 Å². The normalized spacial score (nSPS) is 12.4. The summed E-state index contributed by atoms with van der Waals surface area (Å²) in [6, 6.07) is 12.3. The number of para-hydroxylation sites is 1. The van der Waals surface area contributed by atoms with Gasteiger partial charge >= 0.3 is 0 Å². The second-order valence-electron chi connectivity index (χ2n) is 3.69. The highest BCUT2D eigenvalue weighted by molar-refractivity contribution is 6.30. The smallest absolute Gasteiger partial charge is 0.138 e. The molecule has 0 aliphatic heterocycles. The topological polar surface area (TPSA) is 46.2 Å². The van der Waals surface area contributed by atoms with Crippen molar-refractivity contribution in [3.63, 3.8) is 0 Å². The van der Waals surface area contributed by atoms with Crippen LogP contribution in [-0.4, -0.2) is 5.11 Å². The molecule has 1 unspecified atom stereocenters. The van der Waals surface area contributed by atoms with Crippen molar-refractivity contribution >= 4 is 28.9 Å². The number of aromatic hydroxyl groups is 1. The molecular formula is C13H11Cl2NO. The van der Waals surface area contributed by atoms with Gasteiger partial charge in [0.25, 0.3) is 0 Å². The van der Waals surface area contributed by atoms with E-state index in [1.54, 1.807) is 24.3 Å². The Morgan fingerprint density at radius 3 is 2.35 bits per heavy atom. The van der Waals surface area contributed by atoms with E-state index in [-0.39, 0.29) is 5.75 Å². The van der Waals surface area contributed by atoms with Gasteiger partial charge < -0.3 is 10.8 Å². The van der Waals surface area contributed by atoms with Crippen LogP contribution in [0.2, 0.25) is 5.02 Å². The molecule has 0 aliphatic rings. The summed E-state index contributed by atoms with van der Waals surface area (Å²) in [6.45, 7) is 0. The molecule has 1 atom stereocenters. The molecule has 2 aromatic carbocycles. The van der Waals surface area contributed by atoms with Gasteiger partial charge in [-0.3, -0.25) is 0 Å². The predicted octanol–water partition coefficient (Wildman–Crippen LogP) is 3.96. The van der Waals surface area contributed by atoms with E-state index in [4.69, 9.17) is 28.9 Å². The summed E-state index contributed by atoms with van der Waals surface area (Å²) in [5.41, 5.74) is 7.67. The van der Waals surface area contributed by atoms with E-state index in [2.05, 4.69) is 0 Å². The molecule has 0 heterocycles. The van der Waals surface area contributed by atoms with Crippen molar-refractivity contribution in [2.45, 2.75) is 5.38 Å². The van der Waals surface area contributed by atoms with Crippen molar-refractivity contribution in [2.24, 2.45) is 0 Å². The van der Waals surface area contributed by atoms with Crippen molar-refractivity contribution in [2.75, 3.05) is 5.73 Å². The number of halogens is 2. The fourth-order valence-electron chi connectivity index (χ4n) is 1.60. The third-order valence-electron chi connectivity index (χ3n) is 2.55. The number of hydrogen-bond donors (Lipinski definition) is 2. The SMILES string of the molecule is Nc1c(O)cccc1C(Cl)c1ccc(Cl)cc1. The highest BCUT2D eigenvalue weighted by Gasteiger charge is 2.15. The molecule has 0 bridgehead atoms. The van der Waals surface area contributed by atoms with E-state index in [1.165, 1.54) is 6.07 Å². The Balaban J connectivity index is 2.40. The first-order valence-corrected chi connectivity index (χ1v) is 5.88. The average molecular weight is 268 g/mol. The lowest BCUT2D eigenvalue weighted by Crippen LogP contribution is -1.99. The van der Waals surface area contributed by atoms with Crippen molar-refractivity contribution in [3.05, 3.63) is 58.6 Å². The number of nitrogen functional groups attached to an aromatic ring is 1. The molecule has 2 nitrogen and oxygen atoms in total. The van der Waals surface area contributed by atoms with E-state index in [0.717, 1.165) is 5.56 Å². The molecule has 0 aromatic heterocycles. The first kappa shape index (κ1) is 12.1.